The lowest BCUT2D eigenvalue weighted by molar-refractivity contribution is 0.00357. The van der Waals surface area contributed by atoms with Gasteiger partial charge in [0.05, 0.1) is 0 Å². The summed E-state index contributed by atoms with van der Waals surface area (Å²) < 4.78 is 5.75. The quantitative estimate of drug-likeness (QED) is 0.867. The number of fused-ring (bicyclic) bond motifs is 3. The Morgan fingerprint density at radius 1 is 0.966 bits per heavy atom. The summed E-state index contributed by atoms with van der Waals surface area (Å²) in [4.78, 5) is 16.9. The maximum Gasteiger partial charge on any atom is 0.409 e. The molecule has 0 bridgehead atoms. The van der Waals surface area contributed by atoms with Gasteiger partial charge in [-0.1, -0.05) is 48.5 Å². The molecule has 2 saturated heterocycles. The molecular weight excluding hydrogens is 364 g/mol. The van der Waals surface area contributed by atoms with Crippen molar-refractivity contribution in [3.63, 3.8) is 0 Å². The zero-order valence-electron chi connectivity index (χ0n) is 16.7. The van der Waals surface area contributed by atoms with E-state index in [9.17, 15) is 9.90 Å². The summed E-state index contributed by atoms with van der Waals surface area (Å²) in [5, 5.41) is 9.29. The average Bonchev–Trinajstić information content (AvgIpc) is 3.05. The van der Waals surface area contributed by atoms with E-state index < -0.39 is 0 Å². The molecule has 5 nitrogen and oxygen atoms in total. The second-order valence-corrected chi connectivity index (χ2v) is 8.52. The number of ether oxygens (including phenoxy) is 1. The summed E-state index contributed by atoms with van der Waals surface area (Å²) in [5.41, 5.74) is 4.99. The van der Waals surface area contributed by atoms with Crippen molar-refractivity contribution < 1.29 is 14.6 Å². The minimum atomic E-state index is -0.201. The topological polar surface area (TPSA) is 53.0 Å². The monoisotopic (exact) mass is 392 g/mol. The minimum absolute atomic E-state index is 0.112. The molecule has 0 saturated carbocycles. The van der Waals surface area contributed by atoms with E-state index in [1.54, 1.807) is 0 Å². The number of hydrogen-bond donors (Lipinski definition) is 1. The molecule has 152 valence electrons. The highest BCUT2D eigenvalue weighted by molar-refractivity contribution is 5.79. The van der Waals surface area contributed by atoms with Crippen LogP contribution in [0.4, 0.5) is 4.79 Å². The van der Waals surface area contributed by atoms with Crippen LogP contribution in [0, 0.1) is 5.92 Å². The van der Waals surface area contributed by atoms with Crippen molar-refractivity contribution in [1.82, 2.24) is 9.80 Å². The molecule has 2 aromatic rings. The molecule has 2 heterocycles. The number of nitrogens with zero attached hydrogens (tertiary/aromatic N) is 2. The molecule has 1 amide bonds. The zero-order valence-corrected chi connectivity index (χ0v) is 16.7. The standard InChI is InChI=1S/C24H28N2O3/c27-15-17-9-11-25(12-10-17)18-13-26(14-18)24(28)29-16-23-21-7-3-1-5-19(21)20-6-2-4-8-22(20)23/h1-8,17-18,23,27H,9-16H2. The number of carbonyl (C=O) groups excluding carboxylic acids is 1. The molecule has 0 unspecified atom stereocenters. The van der Waals surface area contributed by atoms with Crippen molar-refractivity contribution in [3.8, 4) is 11.1 Å². The van der Waals surface area contributed by atoms with Crippen LogP contribution in [-0.2, 0) is 4.74 Å². The number of aliphatic hydroxyl groups excluding tert-OH is 1. The molecule has 29 heavy (non-hydrogen) atoms. The van der Waals surface area contributed by atoms with Gasteiger partial charge in [-0.2, -0.15) is 0 Å². The Kier molecular flexibility index (Phi) is 5.02. The van der Waals surface area contributed by atoms with Gasteiger partial charge in [-0.25, -0.2) is 4.79 Å². The Balaban J connectivity index is 1.16. The fraction of sp³-hybridized carbons (Fsp3) is 0.458. The van der Waals surface area contributed by atoms with E-state index in [2.05, 4.69) is 53.4 Å². The van der Waals surface area contributed by atoms with E-state index in [1.165, 1.54) is 22.3 Å². The number of aliphatic hydroxyl groups is 1. The fourth-order valence-electron chi connectivity index (χ4n) is 5.02. The third kappa shape index (κ3) is 3.43. The van der Waals surface area contributed by atoms with Gasteiger partial charge in [0.1, 0.15) is 6.61 Å². The maximum atomic E-state index is 12.6. The smallest absolute Gasteiger partial charge is 0.409 e. The average molecular weight is 392 g/mol. The van der Waals surface area contributed by atoms with Crippen molar-refractivity contribution >= 4 is 6.09 Å². The lowest BCUT2D eigenvalue weighted by Crippen LogP contribution is -2.62. The van der Waals surface area contributed by atoms with Crippen LogP contribution in [-0.4, -0.2) is 66.4 Å². The number of carbonyl (C=O) groups is 1. The summed E-state index contributed by atoms with van der Waals surface area (Å²) in [5.74, 6) is 0.561. The zero-order chi connectivity index (χ0) is 19.8. The molecule has 2 aliphatic heterocycles. The lowest BCUT2D eigenvalue weighted by Gasteiger charge is -2.46. The first-order valence-corrected chi connectivity index (χ1v) is 10.7. The largest absolute Gasteiger partial charge is 0.448 e. The SMILES string of the molecule is O=C(OCC1c2ccccc2-c2ccccc21)N1CC(N2CCC(CO)CC2)C1. The molecule has 3 aliphatic rings. The summed E-state index contributed by atoms with van der Waals surface area (Å²) >= 11 is 0. The van der Waals surface area contributed by atoms with Crippen LogP contribution >= 0.6 is 0 Å². The van der Waals surface area contributed by atoms with Crippen LogP contribution in [0.2, 0.25) is 0 Å². The molecule has 0 atom stereocenters. The van der Waals surface area contributed by atoms with Crippen molar-refractivity contribution in [2.45, 2.75) is 24.8 Å². The van der Waals surface area contributed by atoms with E-state index in [0.29, 0.717) is 25.2 Å². The third-order valence-electron chi connectivity index (χ3n) is 6.88. The van der Waals surface area contributed by atoms with Crippen LogP contribution in [0.5, 0.6) is 0 Å². The summed E-state index contributed by atoms with van der Waals surface area (Å²) in [6.45, 7) is 4.23. The highest BCUT2D eigenvalue weighted by Crippen LogP contribution is 2.44. The number of likely N-dealkylation sites (tertiary alicyclic amines) is 2. The number of rotatable bonds is 4. The van der Waals surface area contributed by atoms with Crippen LogP contribution in [0.15, 0.2) is 48.5 Å². The summed E-state index contributed by atoms with van der Waals surface area (Å²) in [7, 11) is 0. The molecule has 0 aromatic heterocycles. The van der Waals surface area contributed by atoms with Crippen LogP contribution in [0.1, 0.15) is 29.9 Å². The van der Waals surface area contributed by atoms with Gasteiger partial charge in [-0.15, -0.1) is 0 Å². The van der Waals surface area contributed by atoms with E-state index in [1.807, 2.05) is 4.90 Å². The first-order valence-electron chi connectivity index (χ1n) is 10.7. The predicted molar refractivity (Wildman–Crippen MR) is 112 cm³/mol. The summed E-state index contributed by atoms with van der Waals surface area (Å²) in [6.07, 6.45) is 1.91. The molecule has 5 rings (SSSR count). The van der Waals surface area contributed by atoms with Gasteiger partial charge >= 0.3 is 6.09 Å². The second-order valence-electron chi connectivity index (χ2n) is 8.52. The highest BCUT2D eigenvalue weighted by atomic mass is 16.6. The van der Waals surface area contributed by atoms with Crippen LogP contribution < -0.4 is 0 Å². The van der Waals surface area contributed by atoms with Gasteiger partial charge in [0.15, 0.2) is 0 Å². The number of benzene rings is 2. The van der Waals surface area contributed by atoms with Crippen molar-refractivity contribution in [2.24, 2.45) is 5.92 Å². The van der Waals surface area contributed by atoms with Crippen molar-refractivity contribution in [2.75, 3.05) is 39.4 Å². The molecule has 1 aliphatic carbocycles. The molecule has 0 radical (unpaired) electrons. The highest BCUT2D eigenvalue weighted by Gasteiger charge is 2.38. The Hall–Kier alpha value is -2.37. The Labute approximate surface area is 171 Å². The minimum Gasteiger partial charge on any atom is -0.448 e. The normalized spacial score (nSPS) is 20.2. The Bertz CT molecular complexity index is 840. The molecular formula is C24H28N2O3. The predicted octanol–water partition coefficient (Wildman–Crippen LogP) is 3.32. The number of amides is 1. The number of piperidine rings is 1. The van der Waals surface area contributed by atoms with Gasteiger partial charge in [0.2, 0.25) is 0 Å². The Morgan fingerprint density at radius 3 is 2.14 bits per heavy atom. The van der Waals surface area contributed by atoms with E-state index in [-0.39, 0.29) is 12.0 Å². The molecule has 2 fully saturated rings. The van der Waals surface area contributed by atoms with E-state index in [4.69, 9.17) is 4.74 Å². The van der Waals surface area contributed by atoms with E-state index >= 15 is 0 Å². The molecule has 5 heteroatoms. The van der Waals surface area contributed by atoms with Gasteiger partial charge in [-0.3, -0.25) is 4.90 Å². The van der Waals surface area contributed by atoms with Gasteiger partial charge in [-0.05, 0) is 54.1 Å². The van der Waals surface area contributed by atoms with Crippen LogP contribution in [0.3, 0.4) is 0 Å². The van der Waals surface area contributed by atoms with Crippen molar-refractivity contribution in [1.29, 1.82) is 0 Å². The molecule has 0 spiro atoms. The van der Waals surface area contributed by atoms with Gasteiger partial charge in [0, 0.05) is 31.7 Å². The third-order valence-corrected chi connectivity index (χ3v) is 6.88. The van der Waals surface area contributed by atoms with Gasteiger partial charge < -0.3 is 14.7 Å². The van der Waals surface area contributed by atoms with Crippen LogP contribution in [0.25, 0.3) is 11.1 Å². The maximum absolute atomic E-state index is 12.6. The second kappa shape index (κ2) is 7.81. The van der Waals surface area contributed by atoms with Gasteiger partial charge in [0.25, 0.3) is 0 Å². The summed E-state index contributed by atoms with van der Waals surface area (Å²) in [6, 6.07) is 17.3. The molecule has 2 aromatic carbocycles. The Morgan fingerprint density at radius 2 is 1.55 bits per heavy atom. The first-order chi connectivity index (χ1) is 14.2. The van der Waals surface area contributed by atoms with Crippen molar-refractivity contribution in [3.05, 3.63) is 59.7 Å². The lowest BCUT2D eigenvalue weighted by atomic mass is 9.95. The molecule has 1 N–H and O–H groups in total. The first kappa shape index (κ1) is 18.6. The fourth-order valence-corrected chi connectivity index (χ4v) is 5.02. The van der Waals surface area contributed by atoms with E-state index in [0.717, 1.165) is 39.0 Å². The number of hydrogen-bond acceptors (Lipinski definition) is 4.